The molecule has 4 heteroatoms. The summed E-state index contributed by atoms with van der Waals surface area (Å²) in [6.07, 6.45) is 14.4. The van der Waals surface area contributed by atoms with Gasteiger partial charge >= 0.3 is 0 Å². The van der Waals surface area contributed by atoms with Crippen molar-refractivity contribution in [1.29, 1.82) is 0 Å². The first-order valence-corrected chi connectivity index (χ1v) is 11.6. The number of rotatable bonds is 13. The lowest BCUT2D eigenvalue weighted by molar-refractivity contribution is -0.117. The van der Waals surface area contributed by atoms with Crippen molar-refractivity contribution >= 4 is 16.8 Å². The highest BCUT2D eigenvalue weighted by molar-refractivity contribution is 5.88. The van der Waals surface area contributed by atoms with Gasteiger partial charge in [-0.1, -0.05) is 69.5 Å². The first-order valence-electron chi connectivity index (χ1n) is 11.6. The molecule has 0 fully saturated rings. The minimum Gasteiger partial charge on any atom is -0.478 e. The van der Waals surface area contributed by atoms with Crippen molar-refractivity contribution in [2.24, 2.45) is 5.92 Å². The topological polar surface area (TPSA) is 51.2 Å². The molecular weight excluding hydrogens is 384 g/mol. The number of amides is 1. The average Bonchev–Trinajstić information content (AvgIpc) is 2.74. The summed E-state index contributed by atoms with van der Waals surface area (Å²) in [6, 6.07) is 10.4. The van der Waals surface area contributed by atoms with E-state index in [0.29, 0.717) is 12.5 Å². The number of aromatic nitrogens is 1. The highest BCUT2D eigenvalue weighted by atomic mass is 16.5. The number of pyridine rings is 1. The molecule has 0 spiro atoms. The molecule has 1 amide bonds. The summed E-state index contributed by atoms with van der Waals surface area (Å²) < 4.78 is 5.86. The van der Waals surface area contributed by atoms with Crippen LogP contribution in [0.1, 0.15) is 64.9 Å². The van der Waals surface area contributed by atoms with Gasteiger partial charge in [-0.25, -0.2) is 4.98 Å². The average molecular weight is 423 g/mol. The lowest BCUT2D eigenvalue weighted by Gasteiger charge is -2.15. The Hall–Kier alpha value is -2.62. The zero-order valence-corrected chi connectivity index (χ0v) is 19.6. The Morgan fingerprint density at radius 2 is 1.81 bits per heavy atom. The molecule has 0 bridgehead atoms. The van der Waals surface area contributed by atoms with E-state index in [-0.39, 0.29) is 11.9 Å². The van der Waals surface area contributed by atoms with Gasteiger partial charge < -0.3 is 10.1 Å². The van der Waals surface area contributed by atoms with Crippen LogP contribution >= 0.6 is 0 Å². The van der Waals surface area contributed by atoms with Crippen LogP contribution < -0.4 is 10.1 Å². The van der Waals surface area contributed by atoms with Crippen molar-refractivity contribution < 1.29 is 9.53 Å². The summed E-state index contributed by atoms with van der Waals surface area (Å²) in [6.45, 7) is 9.05. The normalized spacial score (nSPS) is 12.8. The SMILES string of the molecule is Cc1cc(OCCCCCCCC=CC=CC(=O)NC(C)C(C)C)nc2ccccc12. The summed E-state index contributed by atoms with van der Waals surface area (Å²) in [5, 5.41) is 4.15. The van der Waals surface area contributed by atoms with Crippen molar-refractivity contribution in [2.45, 2.75) is 72.3 Å². The Morgan fingerprint density at radius 3 is 2.61 bits per heavy atom. The third-order valence-electron chi connectivity index (χ3n) is 5.53. The molecule has 0 aliphatic rings. The smallest absolute Gasteiger partial charge is 0.244 e. The van der Waals surface area contributed by atoms with Crippen molar-refractivity contribution in [3.8, 4) is 5.88 Å². The van der Waals surface area contributed by atoms with Crippen molar-refractivity contribution in [3.63, 3.8) is 0 Å². The van der Waals surface area contributed by atoms with Gasteiger partial charge in [-0.3, -0.25) is 4.79 Å². The van der Waals surface area contributed by atoms with Crippen LogP contribution in [0, 0.1) is 12.8 Å². The molecule has 1 aromatic carbocycles. The molecule has 0 aliphatic carbocycles. The van der Waals surface area contributed by atoms with Crippen LogP contribution in [0.3, 0.4) is 0 Å². The van der Waals surface area contributed by atoms with E-state index in [1.54, 1.807) is 6.08 Å². The number of nitrogens with one attached hydrogen (secondary N) is 1. The van der Waals surface area contributed by atoms with Crippen LogP contribution in [0.15, 0.2) is 54.6 Å². The molecule has 1 unspecified atom stereocenters. The molecule has 0 aliphatic heterocycles. The lowest BCUT2D eigenvalue weighted by Crippen LogP contribution is -2.34. The Labute approximate surface area is 187 Å². The van der Waals surface area contributed by atoms with Crippen molar-refractivity contribution in [1.82, 2.24) is 10.3 Å². The largest absolute Gasteiger partial charge is 0.478 e. The van der Waals surface area contributed by atoms with Gasteiger partial charge in [0.25, 0.3) is 0 Å². The lowest BCUT2D eigenvalue weighted by atomic mass is 10.1. The Morgan fingerprint density at radius 1 is 1.06 bits per heavy atom. The highest BCUT2D eigenvalue weighted by Crippen LogP contribution is 2.21. The van der Waals surface area contributed by atoms with Crippen LogP contribution in [0.25, 0.3) is 10.9 Å². The van der Waals surface area contributed by atoms with E-state index in [1.807, 2.05) is 43.3 Å². The quantitative estimate of drug-likeness (QED) is 0.227. The number of unbranched alkanes of at least 4 members (excludes halogenated alkanes) is 5. The first-order chi connectivity index (χ1) is 15.0. The molecule has 0 saturated heterocycles. The molecule has 1 N–H and O–H groups in total. The van der Waals surface area contributed by atoms with E-state index < -0.39 is 0 Å². The van der Waals surface area contributed by atoms with Crippen molar-refractivity contribution in [2.75, 3.05) is 6.61 Å². The number of carbonyl (C=O) groups is 1. The van der Waals surface area contributed by atoms with Gasteiger partial charge in [0.1, 0.15) is 0 Å². The molecule has 31 heavy (non-hydrogen) atoms. The van der Waals surface area contributed by atoms with Gasteiger partial charge in [0.05, 0.1) is 12.1 Å². The maximum Gasteiger partial charge on any atom is 0.244 e. The maximum absolute atomic E-state index is 11.7. The van der Waals surface area contributed by atoms with E-state index in [1.165, 1.54) is 36.6 Å². The second-order valence-corrected chi connectivity index (χ2v) is 8.53. The number of aryl methyl sites for hydroxylation is 1. The molecule has 4 nitrogen and oxygen atoms in total. The van der Waals surface area contributed by atoms with Gasteiger partial charge in [-0.05, 0) is 50.7 Å². The van der Waals surface area contributed by atoms with Crippen LogP contribution in [-0.4, -0.2) is 23.5 Å². The number of nitrogens with zero attached hydrogens (tertiary/aromatic N) is 1. The number of carbonyl (C=O) groups excluding carboxylic acids is 1. The Bertz CT molecular complexity index is 871. The van der Waals surface area contributed by atoms with Gasteiger partial charge in [-0.15, -0.1) is 0 Å². The molecule has 1 atom stereocenters. The number of hydrogen-bond donors (Lipinski definition) is 1. The van der Waals surface area contributed by atoms with E-state index in [9.17, 15) is 4.79 Å². The summed E-state index contributed by atoms with van der Waals surface area (Å²) in [5.41, 5.74) is 2.19. The third kappa shape index (κ3) is 9.37. The number of ether oxygens (including phenoxy) is 1. The van der Waals surface area contributed by atoms with E-state index >= 15 is 0 Å². The van der Waals surface area contributed by atoms with Crippen LogP contribution in [0.2, 0.25) is 0 Å². The number of allylic oxidation sites excluding steroid dienone is 3. The highest BCUT2D eigenvalue weighted by Gasteiger charge is 2.07. The standard InChI is InChI=1S/C27H38N2O2/c1-21(2)23(4)28-26(30)18-12-10-8-6-5-7-9-11-15-19-31-27-20-22(3)24-16-13-14-17-25(24)29-27/h8,10,12-14,16-18,20-21,23H,5-7,9,11,15,19H2,1-4H3,(H,28,30). The second kappa shape index (κ2) is 13.6. The molecule has 1 heterocycles. The molecule has 0 saturated carbocycles. The minimum atomic E-state index is -0.0258. The monoisotopic (exact) mass is 422 g/mol. The van der Waals surface area contributed by atoms with Crippen LogP contribution in [-0.2, 0) is 4.79 Å². The second-order valence-electron chi connectivity index (χ2n) is 8.53. The fourth-order valence-electron chi connectivity index (χ4n) is 3.22. The third-order valence-corrected chi connectivity index (χ3v) is 5.53. The summed E-state index contributed by atoms with van der Waals surface area (Å²) in [7, 11) is 0. The van der Waals surface area contributed by atoms with Gasteiger partial charge in [0, 0.05) is 23.6 Å². The molecule has 168 valence electrons. The van der Waals surface area contributed by atoms with Crippen LogP contribution in [0.4, 0.5) is 0 Å². The molecule has 1 aromatic heterocycles. The van der Waals surface area contributed by atoms with E-state index in [0.717, 1.165) is 24.2 Å². The van der Waals surface area contributed by atoms with Gasteiger partial charge in [0.15, 0.2) is 0 Å². The minimum absolute atomic E-state index is 0.0258. The summed E-state index contributed by atoms with van der Waals surface area (Å²) in [4.78, 5) is 16.3. The van der Waals surface area contributed by atoms with E-state index in [4.69, 9.17) is 4.74 Å². The molecule has 2 rings (SSSR count). The fourth-order valence-corrected chi connectivity index (χ4v) is 3.22. The predicted octanol–water partition coefficient (Wildman–Crippen LogP) is 6.54. The predicted molar refractivity (Wildman–Crippen MR) is 130 cm³/mol. The zero-order valence-electron chi connectivity index (χ0n) is 19.6. The maximum atomic E-state index is 11.7. The fraction of sp³-hybridized carbons (Fsp3) is 0.481. The van der Waals surface area contributed by atoms with Gasteiger partial charge in [0.2, 0.25) is 11.8 Å². The summed E-state index contributed by atoms with van der Waals surface area (Å²) >= 11 is 0. The molecule has 0 radical (unpaired) electrons. The zero-order chi connectivity index (χ0) is 22.5. The molecule has 2 aromatic rings. The summed E-state index contributed by atoms with van der Waals surface area (Å²) in [5.74, 6) is 1.14. The number of fused-ring (bicyclic) bond motifs is 1. The Balaban J connectivity index is 1.51. The first kappa shape index (κ1) is 24.6. The number of hydrogen-bond acceptors (Lipinski definition) is 3. The number of para-hydroxylation sites is 1. The number of benzene rings is 1. The Kier molecular flexibility index (Phi) is 10.8. The van der Waals surface area contributed by atoms with Gasteiger partial charge in [-0.2, -0.15) is 0 Å². The van der Waals surface area contributed by atoms with E-state index in [2.05, 4.69) is 43.2 Å². The van der Waals surface area contributed by atoms with Crippen LogP contribution in [0.5, 0.6) is 5.88 Å². The van der Waals surface area contributed by atoms with Crippen molar-refractivity contribution in [3.05, 3.63) is 60.2 Å². The molecular formula is C27H38N2O2.